The molecule has 0 saturated heterocycles. The smallest absolute Gasteiger partial charge is 0.364 e. The molecule has 1 unspecified atom stereocenters. The summed E-state index contributed by atoms with van der Waals surface area (Å²) in [5.41, 5.74) is 2.53. The van der Waals surface area contributed by atoms with Crippen molar-refractivity contribution in [2.24, 2.45) is 0 Å². The fraction of sp³-hybridized carbons (Fsp3) is 0.649. The van der Waals surface area contributed by atoms with Gasteiger partial charge in [-0.15, -0.1) is 0 Å². The number of para-hydroxylation sites is 1. The quantitative estimate of drug-likeness (QED) is 0.0721. The minimum atomic E-state index is -0.169. The first-order chi connectivity index (χ1) is 20.0. The maximum absolute atomic E-state index is 13.1. The van der Waals surface area contributed by atoms with Gasteiger partial charge in [0.15, 0.2) is 6.04 Å². The van der Waals surface area contributed by atoms with Crippen LogP contribution in [0.3, 0.4) is 0 Å². The third-order valence-corrected chi connectivity index (χ3v) is 8.17. The molecule has 0 aliphatic carbocycles. The van der Waals surface area contributed by atoms with E-state index in [4.69, 9.17) is 9.47 Å². The van der Waals surface area contributed by atoms with E-state index in [2.05, 4.69) is 70.4 Å². The molecule has 2 aromatic carbocycles. The van der Waals surface area contributed by atoms with E-state index in [9.17, 15) is 4.79 Å². The van der Waals surface area contributed by atoms with Gasteiger partial charge in [-0.2, -0.15) is 0 Å². The predicted molar refractivity (Wildman–Crippen MR) is 173 cm³/mol. The maximum atomic E-state index is 13.1. The summed E-state index contributed by atoms with van der Waals surface area (Å²) in [6, 6.07) is 18.6. The highest BCUT2D eigenvalue weighted by atomic mass is 16.5. The highest BCUT2D eigenvalue weighted by Gasteiger charge is 2.35. The molecule has 0 N–H and O–H groups in total. The van der Waals surface area contributed by atoms with E-state index in [-0.39, 0.29) is 12.0 Å². The van der Waals surface area contributed by atoms with Crippen molar-refractivity contribution in [1.82, 2.24) is 0 Å². The van der Waals surface area contributed by atoms with Gasteiger partial charge in [-0.05, 0) is 30.9 Å². The fourth-order valence-corrected chi connectivity index (χ4v) is 5.71. The van der Waals surface area contributed by atoms with Crippen molar-refractivity contribution in [3.63, 3.8) is 0 Å². The Bertz CT molecular complexity index is 927. The van der Waals surface area contributed by atoms with Crippen molar-refractivity contribution in [3.05, 3.63) is 65.7 Å². The molecule has 1 atom stereocenters. The van der Waals surface area contributed by atoms with Gasteiger partial charge < -0.3 is 14.0 Å². The molecule has 0 spiro atoms. The van der Waals surface area contributed by atoms with E-state index in [1.165, 1.54) is 88.2 Å². The molecule has 0 amide bonds. The van der Waals surface area contributed by atoms with E-state index in [1.807, 2.05) is 12.1 Å². The van der Waals surface area contributed by atoms with Gasteiger partial charge in [0.2, 0.25) is 0 Å². The Morgan fingerprint density at radius 2 is 1.27 bits per heavy atom. The molecular weight excluding hydrogens is 506 g/mol. The second-order valence-electron chi connectivity index (χ2n) is 12.3. The van der Waals surface area contributed by atoms with E-state index in [0.717, 1.165) is 31.6 Å². The number of carbonyl (C=O) groups is 1. The SMILES string of the molecule is CCCCCCCCCCCCCCc1ccccc1OCCCOC(=O)C(CCC)[N+](C)(C)Cc1ccccc1. The van der Waals surface area contributed by atoms with Crippen molar-refractivity contribution in [3.8, 4) is 5.75 Å². The highest BCUT2D eigenvalue weighted by molar-refractivity contribution is 5.74. The summed E-state index contributed by atoms with van der Waals surface area (Å²) in [7, 11) is 4.26. The first-order valence-electron chi connectivity index (χ1n) is 16.7. The van der Waals surface area contributed by atoms with Crippen LogP contribution in [0.2, 0.25) is 0 Å². The summed E-state index contributed by atoms with van der Waals surface area (Å²) in [5, 5.41) is 0. The Labute approximate surface area is 252 Å². The summed E-state index contributed by atoms with van der Waals surface area (Å²) < 4.78 is 12.5. The lowest BCUT2D eigenvalue weighted by Crippen LogP contribution is -2.52. The van der Waals surface area contributed by atoms with Crippen LogP contribution in [-0.4, -0.2) is 43.8 Å². The molecule has 0 heterocycles. The van der Waals surface area contributed by atoms with Gasteiger partial charge in [0.05, 0.1) is 27.3 Å². The number of likely N-dealkylation sites (N-methyl/N-ethyl adjacent to an activating group) is 1. The van der Waals surface area contributed by atoms with Crippen LogP contribution in [-0.2, 0) is 22.5 Å². The van der Waals surface area contributed by atoms with Crippen LogP contribution in [0.1, 0.15) is 121 Å². The molecule has 0 fully saturated rings. The van der Waals surface area contributed by atoms with Gasteiger partial charge in [-0.1, -0.05) is 133 Å². The largest absolute Gasteiger partial charge is 0.493 e. The minimum absolute atomic E-state index is 0.0971. The number of hydrogen-bond acceptors (Lipinski definition) is 3. The zero-order valence-electron chi connectivity index (χ0n) is 26.9. The lowest BCUT2D eigenvalue weighted by Gasteiger charge is -2.36. The second-order valence-corrected chi connectivity index (χ2v) is 12.3. The molecule has 4 heteroatoms. The number of ether oxygens (including phenoxy) is 2. The molecule has 0 aliphatic rings. The second kappa shape index (κ2) is 21.4. The number of aryl methyl sites for hydroxylation is 1. The number of rotatable bonds is 24. The molecule has 0 bridgehead atoms. The Morgan fingerprint density at radius 3 is 1.90 bits per heavy atom. The monoisotopic (exact) mass is 566 g/mol. The van der Waals surface area contributed by atoms with Crippen LogP contribution >= 0.6 is 0 Å². The lowest BCUT2D eigenvalue weighted by molar-refractivity contribution is -0.920. The molecular formula is C37H60NO3+. The molecule has 0 aromatic heterocycles. The number of hydrogen-bond donors (Lipinski definition) is 0. The average Bonchev–Trinajstić information content (AvgIpc) is 2.97. The van der Waals surface area contributed by atoms with Crippen LogP contribution in [0.25, 0.3) is 0 Å². The molecule has 0 saturated carbocycles. The standard InChI is InChI=1S/C37H60NO3/c1-5-7-8-9-10-11-12-13-14-15-16-20-27-34-28-21-22-29-36(34)40-30-23-31-41-37(39)35(24-6-2)38(3,4)32-33-25-18-17-19-26-33/h17-19,21-22,25-26,28-29,35H,5-16,20,23-24,27,30-32H2,1-4H3/q+1. The third-order valence-electron chi connectivity index (χ3n) is 8.17. The van der Waals surface area contributed by atoms with Gasteiger partial charge in [0.1, 0.15) is 12.3 Å². The first kappa shape index (κ1) is 34.9. The number of esters is 1. The molecule has 230 valence electrons. The number of benzene rings is 2. The average molecular weight is 567 g/mol. The first-order valence-corrected chi connectivity index (χ1v) is 16.7. The van der Waals surface area contributed by atoms with Crippen LogP contribution < -0.4 is 4.74 Å². The van der Waals surface area contributed by atoms with Gasteiger partial charge in [0, 0.05) is 18.4 Å². The normalized spacial score (nSPS) is 12.3. The number of nitrogens with zero attached hydrogens (tertiary/aromatic N) is 1. The van der Waals surface area contributed by atoms with Crippen molar-refractivity contribution in [2.75, 3.05) is 27.3 Å². The van der Waals surface area contributed by atoms with Crippen molar-refractivity contribution in [2.45, 2.75) is 129 Å². The summed E-state index contributed by atoms with van der Waals surface area (Å²) in [6.45, 7) is 6.17. The number of carbonyl (C=O) groups excluding carboxylic acids is 1. The van der Waals surface area contributed by atoms with E-state index < -0.39 is 0 Å². The summed E-state index contributed by atoms with van der Waals surface area (Å²) in [6.07, 6.45) is 20.0. The zero-order valence-corrected chi connectivity index (χ0v) is 26.9. The van der Waals surface area contributed by atoms with Crippen LogP contribution in [0.4, 0.5) is 0 Å². The van der Waals surface area contributed by atoms with Gasteiger partial charge in [0.25, 0.3) is 0 Å². The van der Waals surface area contributed by atoms with Gasteiger partial charge >= 0.3 is 5.97 Å². The topological polar surface area (TPSA) is 35.5 Å². The van der Waals surface area contributed by atoms with E-state index in [1.54, 1.807) is 0 Å². The molecule has 2 rings (SSSR count). The van der Waals surface area contributed by atoms with Crippen molar-refractivity contribution in [1.29, 1.82) is 0 Å². The van der Waals surface area contributed by atoms with Gasteiger partial charge in [-0.3, -0.25) is 0 Å². The lowest BCUT2D eigenvalue weighted by atomic mass is 10.0. The maximum Gasteiger partial charge on any atom is 0.364 e. The highest BCUT2D eigenvalue weighted by Crippen LogP contribution is 2.22. The van der Waals surface area contributed by atoms with E-state index in [0.29, 0.717) is 24.1 Å². The number of unbranched alkanes of at least 4 members (excludes halogenated alkanes) is 11. The molecule has 0 aliphatic heterocycles. The van der Waals surface area contributed by atoms with E-state index >= 15 is 0 Å². The Hall–Kier alpha value is -2.33. The number of quaternary nitrogens is 1. The Balaban J connectivity index is 1.63. The summed E-state index contributed by atoms with van der Waals surface area (Å²) in [5.74, 6) is 0.881. The zero-order chi connectivity index (χ0) is 29.6. The van der Waals surface area contributed by atoms with Crippen molar-refractivity contribution >= 4 is 5.97 Å². The fourth-order valence-electron chi connectivity index (χ4n) is 5.71. The molecule has 2 aromatic rings. The molecule has 4 nitrogen and oxygen atoms in total. The Kier molecular flexibility index (Phi) is 18.2. The predicted octanol–water partition coefficient (Wildman–Crippen LogP) is 9.69. The summed E-state index contributed by atoms with van der Waals surface area (Å²) >= 11 is 0. The Morgan fingerprint density at radius 1 is 0.683 bits per heavy atom. The third kappa shape index (κ3) is 14.9. The molecule has 0 radical (unpaired) electrons. The molecule has 41 heavy (non-hydrogen) atoms. The summed E-state index contributed by atoms with van der Waals surface area (Å²) in [4.78, 5) is 13.1. The van der Waals surface area contributed by atoms with Crippen LogP contribution in [0.15, 0.2) is 54.6 Å². The minimum Gasteiger partial charge on any atom is -0.493 e. The van der Waals surface area contributed by atoms with Crippen LogP contribution in [0.5, 0.6) is 5.75 Å². The van der Waals surface area contributed by atoms with Crippen LogP contribution in [0, 0.1) is 0 Å². The van der Waals surface area contributed by atoms with Gasteiger partial charge in [-0.25, -0.2) is 4.79 Å². The van der Waals surface area contributed by atoms with Crippen molar-refractivity contribution < 1.29 is 18.8 Å².